The van der Waals surface area contributed by atoms with Gasteiger partial charge in [-0.15, -0.1) is 0 Å². The van der Waals surface area contributed by atoms with Crippen LogP contribution in [0.15, 0.2) is 24.3 Å². The van der Waals surface area contributed by atoms with Gasteiger partial charge in [0.05, 0.1) is 13.0 Å². The van der Waals surface area contributed by atoms with Gasteiger partial charge in [0.15, 0.2) is 0 Å². The Labute approximate surface area is 110 Å². The number of esters is 1. The second-order valence-corrected chi connectivity index (χ2v) is 4.71. The molecule has 0 aliphatic heterocycles. The Morgan fingerprint density at radius 1 is 1.28 bits per heavy atom. The van der Waals surface area contributed by atoms with Gasteiger partial charge in [0.1, 0.15) is 0 Å². The third-order valence-corrected chi connectivity index (χ3v) is 3.22. The molecular weight excluding hydrogens is 224 g/mol. The van der Waals surface area contributed by atoms with Crippen molar-refractivity contribution in [3.05, 3.63) is 35.4 Å². The van der Waals surface area contributed by atoms with Gasteiger partial charge in [-0.1, -0.05) is 57.4 Å². The Hall–Kier alpha value is -1.31. The van der Waals surface area contributed by atoms with E-state index in [9.17, 15) is 4.79 Å². The minimum atomic E-state index is -0.114. The van der Waals surface area contributed by atoms with Gasteiger partial charge in [-0.2, -0.15) is 0 Å². The minimum absolute atomic E-state index is 0.105. The summed E-state index contributed by atoms with van der Waals surface area (Å²) in [6.45, 7) is 4.31. The molecule has 100 valence electrons. The van der Waals surface area contributed by atoms with E-state index in [4.69, 9.17) is 4.74 Å². The zero-order valence-electron chi connectivity index (χ0n) is 11.7. The van der Waals surface area contributed by atoms with E-state index in [1.54, 1.807) is 0 Å². The summed E-state index contributed by atoms with van der Waals surface area (Å²) in [6.07, 6.45) is 5.22. The van der Waals surface area contributed by atoms with Gasteiger partial charge in [-0.3, -0.25) is 4.79 Å². The second kappa shape index (κ2) is 7.91. The molecular formula is C16H24O2. The summed E-state index contributed by atoms with van der Waals surface area (Å²) < 4.78 is 4.92. The quantitative estimate of drug-likeness (QED) is 0.679. The molecule has 0 fully saturated rings. The van der Waals surface area contributed by atoms with E-state index in [-0.39, 0.29) is 11.9 Å². The summed E-state index contributed by atoms with van der Waals surface area (Å²) in [5.41, 5.74) is 2.40. The lowest BCUT2D eigenvalue weighted by Gasteiger charge is -2.15. The molecule has 18 heavy (non-hydrogen) atoms. The van der Waals surface area contributed by atoms with E-state index in [1.807, 2.05) is 12.1 Å². The lowest BCUT2D eigenvalue weighted by molar-refractivity contribution is -0.142. The molecule has 2 nitrogen and oxygen atoms in total. The van der Waals surface area contributed by atoms with E-state index in [2.05, 4.69) is 26.0 Å². The Morgan fingerprint density at radius 3 is 2.67 bits per heavy atom. The van der Waals surface area contributed by atoms with Crippen molar-refractivity contribution in [2.75, 3.05) is 7.11 Å². The molecule has 0 aliphatic rings. The first-order chi connectivity index (χ1) is 8.72. The van der Waals surface area contributed by atoms with Crippen LogP contribution in [-0.4, -0.2) is 13.1 Å². The highest BCUT2D eigenvalue weighted by atomic mass is 16.5. The summed E-state index contributed by atoms with van der Waals surface area (Å²) in [5, 5.41) is 0. The number of carbonyl (C=O) groups excluding carboxylic acids is 1. The average molecular weight is 248 g/mol. The maximum absolute atomic E-state index is 11.9. The maximum Gasteiger partial charge on any atom is 0.313 e. The van der Waals surface area contributed by atoms with Crippen LogP contribution >= 0.6 is 0 Å². The van der Waals surface area contributed by atoms with Crippen LogP contribution in [0.4, 0.5) is 0 Å². The van der Waals surface area contributed by atoms with Gasteiger partial charge in [0.2, 0.25) is 0 Å². The summed E-state index contributed by atoms with van der Waals surface area (Å²) >= 11 is 0. The smallest absolute Gasteiger partial charge is 0.313 e. The van der Waals surface area contributed by atoms with Crippen LogP contribution in [0.3, 0.4) is 0 Å². The molecule has 0 saturated carbocycles. The molecule has 0 spiro atoms. The van der Waals surface area contributed by atoms with E-state index in [0.717, 1.165) is 37.7 Å². The second-order valence-electron chi connectivity index (χ2n) is 4.71. The highest BCUT2D eigenvalue weighted by Crippen LogP contribution is 2.24. The van der Waals surface area contributed by atoms with Crippen molar-refractivity contribution in [3.8, 4) is 0 Å². The molecule has 1 aromatic carbocycles. The third-order valence-electron chi connectivity index (χ3n) is 3.22. The molecule has 0 aromatic heterocycles. The van der Waals surface area contributed by atoms with Gasteiger partial charge >= 0.3 is 5.97 Å². The van der Waals surface area contributed by atoms with Crippen LogP contribution in [0.2, 0.25) is 0 Å². The van der Waals surface area contributed by atoms with Crippen molar-refractivity contribution in [1.29, 1.82) is 0 Å². The first kappa shape index (κ1) is 14.7. The van der Waals surface area contributed by atoms with Crippen molar-refractivity contribution in [3.63, 3.8) is 0 Å². The summed E-state index contributed by atoms with van der Waals surface area (Å²) in [7, 11) is 1.47. The van der Waals surface area contributed by atoms with Crippen molar-refractivity contribution < 1.29 is 9.53 Å². The van der Waals surface area contributed by atoms with E-state index >= 15 is 0 Å². The summed E-state index contributed by atoms with van der Waals surface area (Å²) in [6, 6.07) is 8.36. The van der Waals surface area contributed by atoms with Gasteiger partial charge in [0.25, 0.3) is 0 Å². The Kier molecular flexibility index (Phi) is 6.48. The predicted octanol–water partition coefficient (Wildman–Crippen LogP) is 4.09. The van der Waals surface area contributed by atoms with Crippen molar-refractivity contribution in [2.45, 2.75) is 51.9 Å². The fraction of sp³-hybridized carbons (Fsp3) is 0.562. The van der Waals surface area contributed by atoms with E-state index in [1.165, 1.54) is 12.7 Å². The highest BCUT2D eigenvalue weighted by molar-refractivity contribution is 5.78. The molecule has 1 rings (SSSR count). The van der Waals surface area contributed by atoms with Gasteiger partial charge in [0, 0.05) is 0 Å². The van der Waals surface area contributed by atoms with Gasteiger partial charge in [-0.05, 0) is 24.0 Å². The van der Waals surface area contributed by atoms with Crippen molar-refractivity contribution in [1.82, 2.24) is 0 Å². The van der Waals surface area contributed by atoms with Crippen LogP contribution in [-0.2, 0) is 16.0 Å². The number of rotatable bonds is 7. The number of hydrogen-bond acceptors (Lipinski definition) is 2. The number of carbonyl (C=O) groups is 1. The van der Waals surface area contributed by atoms with Crippen molar-refractivity contribution in [2.24, 2.45) is 0 Å². The standard InChI is InChI=1S/C16H24O2/c1-4-6-11-15(16(17)18-3)14-10-7-9-13(12-14)8-5-2/h7,9-10,12,15H,4-6,8,11H2,1-3H3. The predicted molar refractivity (Wildman–Crippen MR) is 74.7 cm³/mol. The zero-order valence-corrected chi connectivity index (χ0v) is 11.7. The van der Waals surface area contributed by atoms with Crippen LogP contribution in [0.1, 0.15) is 56.6 Å². The molecule has 1 atom stereocenters. The zero-order chi connectivity index (χ0) is 13.4. The largest absolute Gasteiger partial charge is 0.469 e. The third kappa shape index (κ3) is 4.17. The fourth-order valence-electron chi connectivity index (χ4n) is 2.23. The fourth-order valence-corrected chi connectivity index (χ4v) is 2.23. The van der Waals surface area contributed by atoms with Gasteiger partial charge < -0.3 is 4.74 Å². The topological polar surface area (TPSA) is 26.3 Å². The number of aryl methyl sites for hydroxylation is 1. The molecule has 1 aromatic rings. The molecule has 0 saturated heterocycles. The number of ether oxygens (including phenoxy) is 1. The molecule has 0 N–H and O–H groups in total. The van der Waals surface area contributed by atoms with E-state index < -0.39 is 0 Å². The first-order valence-electron chi connectivity index (χ1n) is 6.89. The van der Waals surface area contributed by atoms with Crippen LogP contribution in [0.5, 0.6) is 0 Å². The molecule has 0 bridgehead atoms. The summed E-state index contributed by atoms with van der Waals surface area (Å²) in [4.78, 5) is 11.9. The van der Waals surface area contributed by atoms with E-state index in [0.29, 0.717) is 0 Å². The Balaban J connectivity index is 2.89. The normalized spacial score (nSPS) is 12.2. The van der Waals surface area contributed by atoms with Crippen LogP contribution in [0, 0.1) is 0 Å². The van der Waals surface area contributed by atoms with Crippen LogP contribution in [0.25, 0.3) is 0 Å². The minimum Gasteiger partial charge on any atom is -0.469 e. The Bertz CT molecular complexity index is 371. The van der Waals surface area contributed by atoms with Crippen molar-refractivity contribution >= 4 is 5.97 Å². The monoisotopic (exact) mass is 248 g/mol. The Morgan fingerprint density at radius 2 is 2.06 bits per heavy atom. The first-order valence-corrected chi connectivity index (χ1v) is 6.89. The number of hydrogen-bond donors (Lipinski definition) is 0. The molecule has 0 radical (unpaired) electrons. The maximum atomic E-state index is 11.9. The number of unbranched alkanes of at least 4 members (excludes halogenated alkanes) is 1. The number of methoxy groups -OCH3 is 1. The van der Waals surface area contributed by atoms with Gasteiger partial charge in [-0.25, -0.2) is 0 Å². The molecule has 1 unspecified atom stereocenters. The molecule has 0 heterocycles. The molecule has 2 heteroatoms. The summed E-state index contributed by atoms with van der Waals surface area (Å²) in [5.74, 6) is -0.219. The number of benzene rings is 1. The average Bonchev–Trinajstić information content (AvgIpc) is 2.39. The SMILES string of the molecule is CCCCC(C(=O)OC)c1cccc(CCC)c1. The molecule has 0 amide bonds. The lowest BCUT2D eigenvalue weighted by atomic mass is 9.92. The highest BCUT2D eigenvalue weighted by Gasteiger charge is 2.20. The van der Waals surface area contributed by atoms with Crippen LogP contribution < -0.4 is 0 Å². The molecule has 0 aliphatic carbocycles. The lowest BCUT2D eigenvalue weighted by Crippen LogP contribution is -2.14.